The molecule has 2 aromatic heterocycles. The van der Waals surface area contributed by atoms with Gasteiger partial charge in [0.2, 0.25) is 0 Å². The van der Waals surface area contributed by atoms with Crippen LogP contribution in [0.1, 0.15) is 47.7 Å². The van der Waals surface area contributed by atoms with E-state index in [1.807, 2.05) is 42.5 Å². The summed E-state index contributed by atoms with van der Waals surface area (Å²) in [5, 5.41) is 1.11. The van der Waals surface area contributed by atoms with Gasteiger partial charge in [0.1, 0.15) is 23.4 Å². The Kier molecular flexibility index (Phi) is 4.73. The van der Waals surface area contributed by atoms with Crippen molar-refractivity contribution >= 4 is 34.9 Å². The fourth-order valence-electron chi connectivity index (χ4n) is 5.11. The Morgan fingerprint density at radius 2 is 1.85 bits per heavy atom. The number of pyridine rings is 1. The fourth-order valence-corrected chi connectivity index (χ4v) is 5.52. The van der Waals surface area contributed by atoms with E-state index < -0.39 is 6.04 Å². The van der Waals surface area contributed by atoms with Crippen LogP contribution in [0.5, 0.6) is 5.75 Å². The fraction of sp³-hybridized carbons (Fsp3) is 0.192. The number of hydrogen-bond donors (Lipinski definition) is 0. The van der Waals surface area contributed by atoms with Gasteiger partial charge >= 0.3 is 0 Å². The number of methoxy groups -OCH3 is 1. The highest BCUT2D eigenvalue weighted by atomic mass is 35.5. The summed E-state index contributed by atoms with van der Waals surface area (Å²) in [6.07, 6.45) is 1.62. The van der Waals surface area contributed by atoms with E-state index in [-0.39, 0.29) is 11.9 Å². The van der Waals surface area contributed by atoms with Crippen molar-refractivity contribution in [3.63, 3.8) is 0 Å². The van der Waals surface area contributed by atoms with Gasteiger partial charge in [0.15, 0.2) is 5.69 Å². The number of anilines is 1. The lowest BCUT2D eigenvalue weighted by atomic mass is 9.89. The number of benzene rings is 2. The number of carbonyl (C=O) groups is 1. The molecule has 1 atom stereocenters. The van der Waals surface area contributed by atoms with Gasteiger partial charge in [-0.15, -0.1) is 0 Å². The third-order valence-electron chi connectivity index (χ3n) is 6.44. The third kappa shape index (κ3) is 2.79. The molecule has 0 fully saturated rings. The largest absolute Gasteiger partial charge is 0.496 e. The number of hydrogen-bond acceptors (Lipinski definition) is 4. The zero-order valence-corrected chi connectivity index (χ0v) is 20.2. The molecule has 0 saturated heterocycles. The van der Waals surface area contributed by atoms with Gasteiger partial charge in [-0.25, -0.2) is 9.97 Å². The predicted molar refractivity (Wildman–Crippen MR) is 133 cm³/mol. The van der Waals surface area contributed by atoms with Crippen LogP contribution >= 0.6 is 23.2 Å². The van der Waals surface area contributed by atoms with Gasteiger partial charge in [0.25, 0.3) is 5.91 Å². The van der Waals surface area contributed by atoms with E-state index in [0.717, 1.165) is 22.4 Å². The molecule has 0 N–H and O–H groups in total. The van der Waals surface area contributed by atoms with E-state index in [9.17, 15) is 4.79 Å². The highest BCUT2D eigenvalue weighted by molar-refractivity contribution is 6.35. The smallest absolute Gasteiger partial charge is 0.280 e. The second-order valence-electron chi connectivity index (χ2n) is 8.63. The Bertz CT molecular complexity index is 1490. The number of para-hydroxylation sites is 1. The lowest BCUT2D eigenvalue weighted by molar-refractivity contribution is 0.0988. The number of amides is 1. The van der Waals surface area contributed by atoms with Gasteiger partial charge in [-0.2, -0.15) is 0 Å². The van der Waals surface area contributed by atoms with E-state index in [4.69, 9.17) is 32.9 Å². The number of halogens is 2. The van der Waals surface area contributed by atoms with Crippen molar-refractivity contribution in [3.05, 3.63) is 81.7 Å². The molecule has 1 amide bonds. The molecular formula is C26H20Cl2N4O2. The van der Waals surface area contributed by atoms with Crippen LogP contribution in [0.4, 0.5) is 5.82 Å². The van der Waals surface area contributed by atoms with Crippen molar-refractivity contribution in [1.82, 2.24) is 14.5 Å². The molecule has 0 spiro atoms. The monoisotopic (exact) mass is 490 g/mol. The first-order valence-electron chi connectivity index (χ1n) is 11.0. The molecule has 2 aliphatic rings. The van der Waals surface area contributed by atoms with E-state index in [1.54, 1.807) is 24.3 Å². The van der Waals surface area contributed by atoms with Gasteiger partial charge in [-0.1, -0.05) is 41.4 Å². The number of rotatable bonds is 3. The molecule has 0 aliphatic carbocycles. The van der Waals surface area contributed by atoms with Crippen LogP contribution in [-0.4, -0.2) is 27.6 Å². The van der Waals surface area contributed by atoms with Crippen LogP contribution in [0.25, 0.3) is 22.5 Å². The maximum atomic E-state index is 13.9. The second-order valence-corrected chi connectivity index (χ2v) is 9.48. The van der Waals surface area contributed by atoms with Gasteiger partial charge in [-0.3, -0.25) is 9.69 Å². The topological polar surface area (TPSA) is 60.2 Å². The Morgan fingerprint density at radius 3 is 2.62 bits per heavy atom. The summed E-state index contributed by atoms with van der Waals surface area (Å²) in [6.45, 7) is 4.17. The SMILES string of the molecule is COc1ccccc1-c1nc2c(n1C(C)C)C1c3ccc(Cl)cc3-c3c(Cl)ccnc3N1C2=O. The van der Waals surface area contributed by atoms with Crippen LogP contribution in [0, 0.1) is 0 Å². The number of nitrogens with zero attached hydrogens (tertiary/aromatic N) is 4. The average molecular weight is 491 g/mol. The Morgan fingerprint density at radius 1 is 1.06 bits per heavy atom. The van der Waals surface area contributed by atoms with Crippen LogP contribution in [0.2, 0.25) is 10.0 Å². The molecule has 8 heteroatoms. The quantitative estimate of drug-likeness (QED) is 0.325. The summed E-state index contributed by atoms with van der Waals surface area (Å²) in [5.41, 5.74) is 4.59. The molecule has 34 heavy (non-hydrogen) atoms. The molecule has 6 rings (SSSR count). The first kappa shape index (κ1) is 21.2. The minimum atomic E-state index is -0.397. The van der Waals surface area contributed by atoms with Crippen molar-refractivity contribution in [2.75, 3.05) is 12.0 Å². The van der Waals surface area contributed by atoms with Gasteiger partial charge in [0.05, 0.1) is 23.4 Å². The zero-order chi connectivity index (χ0) is 23.7. The molecule has 0 saturated carbocycles. The summed E-state index contributed by atoms with van der Waals surface area (Å²) in [4.78, 5) is 25.0. The Hall–Kier alpha value is -3.35. The first-order chi connectivity index (χ1) is 16.4. The lowest BCUT2D eigenvalue weighted by Gasteiger charge is -2.34. The van der Waals surface area contributed by atoms with Crippen molar-refractivity contribution in [3.8, 4) is 28.3 Å². The molecular weight excluding hydrogens is 471 g/mol. The third-order valence-corrected chi connectivity index (χ3v) is 6.99. The molecule has 4 heterocycles. The molecule has 0 radical (unpaired) electrons. The number of aromatic nitrogens is 3. The standard InChI is InChI=1S/C26H20Cl2N4O2/c1-13(2)31-23-21(30-24(31)16-6-4-5-7-19(16)34-3)26(33)32-22(23)15-9-8-14(27)12-17(15)20-18(28)10-11-29-25(20)32/h4-13,22H,1-3H3. The highest BCUT2D eigenvalue weighted by Crippen LogP contribution is 2.54. The summed E-state index contributed by atoms with van der Waals surface area (Å²) in [6, 6.07) is 14.8. The maximum Gasteiger partial charge on any atom is 0.280 e. The van der Waals surface area contributed by atoms with E-state index in [1.165, 1.54) is 0 Å². The molecule has 6 nitrogen and oxygen atoms in total. The molecule has 1 unspecified atom stereocenters. The van der Waals surface area contributed by atoms with Gasteiger partial charge in [-0.05, 0) is 55.3 Å². The highest BCUT2D eigenvalue weighted by Gasteiger charge is 2.49. The average Bonchev–Trinajstić information content (AvgIpc) is 3.35. The normalized spacial score (nSPS) is 15.8. The van der Waals surface area contributed by atoms with Crippen LogP contribution in [0.3, 0.4) is 0 Å². The van der Waals surface area contributed by atoms with E-state index >= 15 is 0 Å². The second kappa shape index (κ2) is 7.58. The maximum absolute atomic E-state index is 13.9. The van der Waals surface area contributed by atoms with Crippen LogP contribution < -0.4 is 9.64 Å². The number of fused-ring (bicyclic) bond motifs is 8. The summed E-state index contributed by atoms with van der Waals surface area (Å²) in [7, 11) is 1.63. The molecule has 170 valence electrons. The van der Waals surface area contributed by atoms with Gasteiger partial charge < -0.3 is 9.30 Å². The minimum absolute atomic E-state index is 0.0355. The van der Waals surface area contributed by atoms with E-state index in [0.29, 0.717) is 38.7 Å². The molecule has 2 aliphatic heterocycles. The van der Waals surface area contributed by atoms with Crippen molar-refractivity contribution in [2.45, 2.75) is 25.9 Å². The molecule has 2 aromatic carbocycles. The Balaban J connectivity index is 1.67. The number of imidazole rings is 1. The van der Waals surface area contributed by atoms with Gasteiger partial charge in [0, 0.05) is 22.8 Å². The van der Waals surface area contributed by atoms with Crippen molar-refractivity contribution in [2.24, 2.45) is 0 Å². The summed E-state index contributed by atoms with van der Waals surface area (Å²) in [5.74, 6) is 1.72. The van der Waals surface area contributed by atoms with E-state index in [2.05, 4.69) is 23.4 Å². The number of carbonyl (C=O) groups excluding carboxylic acids is 1. The predicted octanol–water partition coefficient (Wildman–Crippen LogP) is 6.57. The number of ether oxygens (including phenoxy) is 1. The van der Waals surface area contributed by atoms with Crippen LogP contribution in [-0.2, 0) is 0 Å². The van der Waals surface area contributed by atoms with Crippen molar-refractivity contribution in [1.29, 1.82) is 0 Å². The zero-order valence-electron chi connectivity index (χ0n) is 18.7. The Labute approximate surface area is 206 Å². The lowest BCUT2D eigenvalue weighted by Crippen LogP contribution is -2.34. The summed E-state index contributed by atoms with van der Waals surface area (Å²) >= 11 is 13.0. The summed E-state index contributed by atoms with van der Waals surface area (Å²) < 4.78 is 7.74. The first-order valence-corrected chi connectivity index (χ1v) is 11.7. The molecule has 4 aromatic rings. The van der Waals surface area contributed by atoms with Crippen LogP contribution in [0.15, 0.2) is 54.7 Å². The van der Waals surface area contributed by atoms with Crippen molar-refractivity contribution < 1.29 is 9.53 Å². The minimum Gasteiger partial charge on any atom is -0.496 e. The molecule has 0 bridgehead atoms.